The average Bonchev–Trinajstić information content (AvgIpc) is 3.21. The van der Waals surface area contributed by atoms with E-state index < -0.39 is 0 Å². The number of aliphatic imine (C=N–C) groups is 1. The molecule has 1 amide bonds. The molecule has 0 saturated heterocycles. The van der Waals surface area contributed by atoms with Gasteiger partial charge in [0.1, 0.15) is 6.54 Å². The Morgan fingerprint density at radius 2 is 1.96 bits per heavy atom. The highest BCUT2D eigenvalue weighted by Crippen LogP contribution is 2.08. The van der Waals surface area contributed by atoms with Crippen molar-refractivity contribution in [3.63, 3.8) is 0 Å². The number of aromatic nitrogens is 2. The van der Waals surface area contributed by atoms with Crippen LogP contribution in [-0.4, -0.2) is 61.5 Å². The minimum atomic E-state index is -0.126. The fraction of sp³-hybridized carbons (Fsp3) is 0.421. The number of methoxy groups -OCH3 is 1. The van der Waals surface area contributed by atoms with Gasteiger partial charge >= 0.3 is 0 Å². The first-order chi connectivity index (χ1) is 13.2. The van der Waals surface area contributed by atoms with Crippen LogP contribution in [0.4, 0.5) is 0 Å². The number of amides is 1. The van der Waals surface area contributed by atoms with Crippen molar-refractivity contribution in [2.45, 2.75) is 13.3 Å². The SMILES string of the molecule is CCNC(=NCC(=O)NCCOC)NCCc1ccc(-n2cccn2)cc1.I. The number of halogens is 1. The Labute approximate surface area is 183 Å². The van der Waals surface area contributed by atoms with E-state index in [0.29, 0.717) is 19.1 Å². The Morgan fingerprint density at radius 1 is 1.18 bits per heavy atom. The molecular formula is C19H29IN6O2. The van der Waals surface area contributed by atoms with Gasteiger partial charge in [-0.1, -0.05) is 12.1 Å². The summed E-state index contributed by atoms with van der Waals surface area (Å²) in [5, 5.41) is 13.4. The van der Waals surface area contributed by atoms with Gasteiger partial charge in [-0.05, 0) is 37.1 Å². The van der Waals surface area contributed by atoms with Crippen LogP contribution >= 0.6 is 24.0 Å². The van der Waals surface area contributed by atoms with Crippen LogP contribution in [0, 0.1) is 0 Å². The lowest BCUT2D eigenvalue weighted by molar-refractivity contribution is -0.119. The molecule has 1 aromatic heterocycles. The first-order valence-corrected chi connectivity index (χ1v) is 9.09. The van der Waals surface area contributed by atoms with E-state index in [4.69, 9.17) is 4.74 Å². The van der Waals surface area contributed by atoms with E-state index in [0.717, 1.165) is 25.2 Å². The topological polar surface area (TPSA) is 92.6 Å². The predicted molar refractivity (Wildman–Crippen MR) is 122 cm³/mol. The van der Waals surface area contributed by atoms with Crippen molar-refractivity contribution in [2.75, 3.05) is 39.9 Å². The summed E-state index contributed by atoms with van der Waals surface area (Å²) < 4.78 is 6.73. The number of rotatable bonds is 10. The number of guanidine groups is 1. The Balaban J connectivity index is 0.00000392. The summed E-state index contributed by atoms with van der Waals surface area (Å²) in [6.07, 6.45) is 4.53. The van der Waals surface area contributed by atoms with Crippen LogP contribution in [0.2, 0.25) is 0 Å². The molecule has 0 aliphatic carbocycles. The van der Waals surface area contributed by atoms with Gasteiger partial charge in [-0.25, -0.2) is 9.67 Å². The third-order valence-corrected chi connectivity index (χ3v) is 3.76. The molecule has 2 rings (SSSR count). The molecule has 1 aromatic carbocycles. The van der Waals surface area contributed by atoms with Gasteiger partial charge in [0.2, 0.25) is 5.91 Å². The van der Waals surface area contributed by atoms with E-state index in [-0.39, 0.29) is 36.4 Å². The van der Waals surface area contributed by atoms with E-state index in [9.17, 15) is 4.79 Å². The third-order valence-electron chi connectivity index (χ3n) is 3.76. The molecule has 0 bridgehead atoms. The maximum absolute atomic E-state index is 11.7. The number of benzene rings is 1. The molecule has 3 N–H and O–H groups in total. The number of nitrogens with one attached hydrogen (secondary N) is 3. The summed E-state index contributed by atoms with van der Waals surface area (Å²) in [4.78, 5) is 16.0. The molecule has 9 heteroatoms. The smallest absolute Gasteiger partial charge is 0.241 e. The second-order valence-electron chi connectivity index (χ2n) is 5.83. The van der Waals surface area contributed by atoms with Gasteiger partial charge in [0.25, 0.3) is 0 Å². The first kappa shape index (κ1) is 23.9. The summed E-state index contributed by atoms with van der Waals surface area (Å²) in [7, 11) is 1.60. The zero-order valence-corrected chi connectivity index (χ0v) is 18.7. The normalized spacial score (nSPS) is 10.9. The Bertz CT molecular complexity index is 704. The fourth-order valence-corrected chi connectivity index (χ4v) is 2.40. The molecule has 0 saturated carbocycles. The molecule has 0 fully saturated rings. The molecule has 2 aromatic rings. The van der Waals surface area contributed by atoms with Gasteiger partial charge in [0.15, 0.2) is 5.96 Å². The summed E-state index contributed by atoms with van der Waals surface area (Å²) >= 11 is 0. The van der Waals surface area contributed by atoms with E-state index in [1.807, 2.05) is 36.0 Å². The maximum Gasteiger partial charge on any atom is 0.241 e. The molecule has 0 radical (unpaired) electrons. The molecule has 154 valence electrons. The number of nitrogens with zero attached hydrogens (tertiary/aromatic N) is 3. The number of carbonyl (C=O) groups is 1. The number of ether oxygens (including phenoxy) is 1. The lowest BCUT2D eigenvalue weighted by Crippen LogP contribution is -2.39. The molecule has 0 atom stereocenters. The highest BCUT2D eigenvalue weighted by molar-refractivity contribution is 14.0. The van der Waals surface area contributed by atoms with Crippen LogP contribution in [0.15, 0.2) is 47.7 Å². The monoisotopic (exact) mass is 500 g/mol. The summed E-state index contributed by atoms with van der Waals surface area (Å²) in [6.45, 7) is 4.51. The molecule has 0 aliphatic heterocycles. The predicted octanol–water partition coefficient (Wildman–Crippen LogP) is 1.35. The molecule has 8 nitrogen and oxygen atoms in total. The van der Waals surface area contributed by atoms with Crippen molar-refractivity contribution in [2.24, 2.45) is 4.99 Å². The Kier molecular flexibility index (Phi) is 11.9. The molecular weight excluding hydrogens is 471 g/mol. The third kappa shape index (κ3) is 8.70. The van der Waals surface area contributed by atoms with E-state index >= 15 is 0 Å². The van der Waals surface area contributed by atoms with Gasteiger partial charge < -0.3 is 20.7 Å². The molecule has 0 aliphatic rings. The molecule has 28 heavy (non-hydrogen) atoms. The van der Waals surface area contributed by atoms with Crippen molar-refractivity contribution < 1.29 is 9.53 Å². The summed E-state index contributed by atoms with van der Waals surface area (Å²) in [5.74, 6) is 0.506. The van der Waals surface area contributed by atoms with Gasteiger partial charge in [-0.3, -0.25) is 4.79 Å². The van der Waals surface area contributed by atoms with Gasteiger partial charge in [-0.2, -0.15) is 5.10 Å². The van der Waals surface area contributed by atoms with Crippen LogP contribution in [-0.2, 0) is 16.0 Å². The van der Waals surface area contributed by atoms with Crippen LogP contribution in [0.1, 0.15) is 12.5 Å². The molecule has 0 unspecified atom stereocenters. The number of carbonyl (C=O) groups excluding carboxylic acids is 1. The zero-order valence-electron chi connectivity index (χ0n) is 16.4. The summed E-state index contributed by atoms with van der Waals surface area (Å²) in [6, 6.07) is 10.2. The molecule has 0 spiro atoms. The van der Waals surface area contributed by atoms with Crippen molar-refractivity contribution in [3.8, 4) is 5.69 Å². The Morgan fingerprint density at radius 3 is 2.61 bits per heavy atom. The second-order valence-corrected chi connectivity index (χ2v) is 5.83. The fourth-order valence-electron chi connectivity index (χ4n) is 2.40. The van der Waals surface area contributed by atoms with Crippen LogP contribution < -0.4 is 16.0 Å². The van der Waals surface area contributed by atoms with E-state index in [1.165, 1.54) is 5.56 Å². The van der Waals surface area contributed by atoms with Crippen LogP contribution in [0.3, 0.4) is 0 Å². The molecule has 1 heterocycles. The number of hydrogen-bond acceptors (Lipinski definition) is 4. The van der Waals surface area contributed by atoms with Crippen molar-refractivity contribution in [1.29, 1.82) is 0 Å². The zero-order chi connectivity index (χ0) is 19.3. The van der Waals surface area contributed by atoms with E-state index in [2.05, 4.69) is 38.2 Å². The maximum atomic E-state index is 11.7. The van der Waals surface area contributed by atoms with Crippen molar-refractivity contribution in [3.05, 3.63) is 48.3 Å². The quantitative estimate of drug-likeness (QED) is 0.198. The van der Waals surface area contributed by atoms with E-state index in [1.54, 1.807) is 13.3 Å². The standard InChI is InChI=1S/C19H28N6O2.HI/c1-3-20-19(23-15-18(26)21-12-14-27-2)22-11-9-16-5-7-17(8-6-16)25-13-4-10-24-25;/h4-8,10,13H,3,9,11-12,14-15H2,1-2H3,(H,21,26)(H2,20,22,23);1H. The number of hydrogen-bond donors (Lipinski definition) is 3. The van der Waals surface area contributed by atoms with Gasteiger partial charge in [0.05, 0.1) is 12.3 Å². The average molecular weight is 500 g/mol. The van der Waals surface area contributed by atoms with Crippen molar-refractivity contribution in [1.82, 2.24) is 25.7 Å². The van der Waals surface area contributed by atoms with Crippen LogP contribution in [0.25, 0.3) is 5.69 Å². The minimum Gasteiger partial charge on any atom is -0.383 e. The second kappa shape index (κ2) is 13.9. The summed E-state index contributed by atoms with van der Waals surface area (Å²) in [5.41, 5.74) is 2.25. The Hall–Kier alpha value is -2.14. The van der Waals surface area contributed by atoms with Gasteiger partial charge in [0, 0.05) is 39.1 Å². The largest absolute Gasteiger partial charge is 0.383 e. The van der Waals surface area contributed by atoms with Crippen LogP contribution in [0.5, 0.6) is 0 Å². The highest BCUT2D eigenvalue weighted by Gasteiger charge is 2.02. The minimum absolute atomic E-state index is 0. The van der Waals surface area contributed by atoms with Crippen molar-refractivity contribution >= 4 is 35.8 Å². The lowest BCUT2D eigenvalue weighted by Gasteiger charge is -2.11. The first-order valence-electron chi connectivity index (χ1n) is 9.09. The highest BCUT2D eigenvalue weighted by atomic mass is 127. The van der Waals surface area contributed by atoms with Gasteiger partial charge in [-0.15, -0.1) is 24.0 Å². The lowest BCUT2D eigenvalue weighted by atomic mass is 10.1.